The molecule has 1 aromatic rings. The Kier molecular flexibility index (Phi) is 4.50. The number of anilines is 1. The minimum atomic E-state index is -0.454. The van der Waals surface area contributed by atoms with Gasteiger partial charge in [-0.25, -0.2) is 4.79 Å². The van der Waals surface area contributed by atoms with Gasteiger partial charge in [-0.2, -0.15) is 0 Å². The number of nitrogens with one attached hydrogen (secondary N) is 1. The first-order valence-corrected chi connectivity index (χ1v) is 6.51. The van der Waals surface area contributed by atoms with Gasteiger partial charge in [0.05, 0.1) is 19.9 Å². The predicted molar refractivity (Wildman–Crippen MR) is 76.6 cm³/mol. The molecule has 20 heavy (non-hydrogen) atoms. The highest BCUT2D eigenvalue weighted by atomic mass is 16.6. The summed E-state index contributed by atoms with van der Waals surface area (Å²) in [6.07, 6.45) is 3.35. The van der Waals surface area contributed by atoms with Crippen molar-refractivity contribution in [2.24, 2.45) is 0 Å². The predicted octanol–water partition coefficient (Wildman–Crippen LogP) is 3.14. The highest BCUT2D eigenvalue weighted by Gasteiger charge is 2.21. The van der Waals surface area contributed by atoms with Crippen molar-refractivity contribution in [1.82, 2.24) is 0 Å². The molecule has 108 valence electrons. The van der Waals surface area contributed by atoms with Crippen molar-refractivity contribution in [3.05, 3.63) is 30.4 Å². The Morgan fingerprint density at radius 2 is 2.10 bits per heavy atom. The number of carbonyl (C=O) groups excluding carboxylic acids is 1. The van der Waals surface area contributed by atoms with Gasteiger partial charge in [-0.05, 0) is 24.5 Å². The maximum atomic E-state index is 11.8. The van der Waals surface area contributed by atoms with Gasteiger partial charge in [0, 0.05) is 12.5 Å². The van der Waals surface area contributed by atoms with E-state index in [1.807, 2.05) is 6.07 Å². The Hall–Kier alpha value is -2.17. The second-order valence-corrected chi connectivity index (χ2v) is 4.58. The summed E-state index contributed by atoms with van der Waals surface area (Å²) in [5.41, 5.74) is 1.71. The van der Waals surface area contributed by atoms with E-state index in [1.54, 1.807) is 26.4 Å². The topological polar surface area (TPSA) is 56.8 Å². The van der Waals surface area contributed by atoms with Crippen LogP contribution >= 0.6 is 0 Å². The van der Waals surface area contributed by atoms with Crippen LogP contribution in [-0.4, -0.2) is 26.4 Å². The molecule has 5 heteroatoms. The van der Waals surface area contributed by atoms with Crippen LogP contribution in [-0.2, 0) is 11.2 Å². The number of amides is 1. The van der Waals surface area contributed by atoms with Gasteiger partial charge in [-0.15, -0.1) is 6.58 Å². The Morgan fingerprint density at radius 1 is 1.40 bits per heavy atom. The van der Waals surface area contributed by atoms with E-state index in [2.05, 4.69) is 11.9 Å². The van der Waals surface area contributed by atoms with E-state index >= 15 is 0 Å². The van der Waals surface area contributed by atoms with E-state index in [9.17, 15) is 4.79 Å². The first kappa shape index (κ1) is 14.2. The van der Waals surface area contributed by atoms with Crippen LogP contribution in [0.2, 0.25) is 0 Å². The van der Waals surface area contributed by atoms with E-state index < -0.39 is 6.09 Å². The fourth-order valence-corrected chi connectivity index (χ4v) is 2.26. The van der Waals surface area contributed by atoms with Crippen LogP contribution in [0, 0.1) is 0 Å². The molecule has 1 atom stereocenters. The van der Waals surface area contributed by atoms with Crippen molar-refractivity contribution in [3.63, 3.8) is 0 Å². The van der Waals surface area contributed by atoms with E-state index in [4.69, 9.17) is 14.2 Å². The monoisotopic (exact) mass is 277 g/mol. The smallest absolute Gasteiger partial charge is 0.411 e. The molecule has 0 bridgehead atoms. The van der Waals surface area contributed by atoms with E-state index in [0.29, 0.717) is 23.6 Å². The van der Waals surface area contributed by atoms with Gasteiger partial charge in [0.1, 0.15) is 6.10 Å². The van der Waals surface area contributed by atoms with Crippen LogP contribution in [0.3, 0.4) is 0 Å². The molecule has 0 saturated carbocycles. The molecule has 0 fully saturated rings. The molecular formula is C15H19NO4. The molecular weight excluding hydrogens is 258 g/mol. The van der Waals surface area contributed by atoms with Crippen molar-refractivity contribution in [2.75, 3.05) is 19.5 Å². The molecule has 0 aromatic heterocycles. The van der Waals surface area contributed by atoms with Gasteiger partial charge in [0.25, 0.3) is 0 Å². The molecule has 1 heterocycles. The van der Waals surface area contributed by atoms with E-state index in [0.717, 1.165) is 18.4 Å². The zero-order valence-corrected chi connectivity index (χ0v) is 11.8. The van der Waals surface area contributed by atoms with Gasteiger partial charge < -0.3 is 14.2 Å². The third-order valence-electron chi connectivity index (χ3n) is 3.29. The molecule has 5 nitrogen and oxygen atoms in total. The van der Waals surface area contributed by atoms with Gasteiger partial charge in [-0.3, -0.25) is 5.32 Å². The maximum Gasteiger partial charge on any atom is 0.411 e. The second kappa shape index (κ2) is 6.32. The maximum absolute atomic E-state index is 11.8. The van der Waals surface area contributed by atoms with Crippen molar-refractivity contribution in [1.29, 1.82) is 0 Å². The number of methoxy groups -OCH3 is 2. The first-order valence-electron chi connectivity index (χ1n) is 6.51. The molecule has 0 aliphatic carbocycles. The van der Waals surface area contributed by atoms with Gasteiger partial charge in [-0.1, -0.05) is 6.08 Å². The molecule has 1 unspecified atom stereocenters. The zero-order valence-electron chi connectivity index (χ0n) is 11.8. The highest BCUT2D eigenvalue weighted by Crippen LogP contribution is 2.35. The Bertz CT molecular complexity index is 513. The molecule has 1 aliphatic rings. The Balaban J connectivity index is 2.32. The van der Waals surface area contributed by atoms with Gasteiger partial charge in [0.2, 0.25) is 0 Å². The highest BCUT2D eigenvalue weighted by molar-refractivity contribution is 5.87. The third-order valence-corrected chi connectivity index (χ3v) is 3.29. The summed E-state index contributed by atoms with van der Waals surface area (Å²) in [6, 6.07) is 3.65. The number of fused-ring (bicyclic) bond motifs is 1. The van der Waals surface area contributed by atoms with Crippen molar-refractivity contribution >= 4 is 11.8 Å². The lowest BCUT2D eigenvalue weighted by molar-refractivity contribution is 0.106. The summed E-state index contributed by atoms with van der Waals surface area (Å²) in [5.74, 6) is 1.23. The number of aryl methyl sites for hydroxylation is 1. The SMILES string of the molecule is C=CCC1CCc2cc(OC)c(OC)cc2NC(=O)O1. The first-order chi connectivity index (χ1) is 9.67. The zero-order chi connectivity index (χ0) is 14.5. The lowest BCUT2D eigenvalue weighted by Crippen LogP contribution is -2.25. The molecule has 1 aliphatic heterocycles. The number of hydrogen-bond acceptors (Lipinski definition) is 4. The van der Waals surface area contributed by atoms with Gasteiger partial charge >= 0.3 is 6.09 Å². The Labute approximate surface area is 118 Å². The van der Waals surface area contributed by atoms with Crippen molar-refractivity contribution in [2.45, 2.75) is 25.4 Å². The minimum Gasteiger partial charge on any atom is -0.493 e. The van der Waals surface area contributed by atoms with Crippen molar-refractivity contribution < 1.29 is 19.0 Å². The fourth-order valence-electron chi connectivity index (χ4n) is 2.26. The summed E-state index contributed by atoms with van der Waals surface area (Å²) >= 11 is 0. The van der Waals surface area contributed by atoms with Crippen LogP contribution in [0.5, 0.6) is 11.5 Å². The lowest BCUT2D eigenvalue weighted by Gasteiger charge is -2.23. The number of benzene rings is 1. The molecule has 2 rings (SSSR count). The van der Waals surface area contributed by atoms with E-state index in [1.165, 1.54) is 0 Å². The molecule has 0 saturated heterocycles. The van der Waals surface area contributed by atoms with Crippen LogP contribution in [0.25, 0.3) is 0 Å². The normalized spacial score (nSPS) is 17.9. The lowest BCUT2D eigenvalue weighted by atomic mass is 10.0. The molecule has 1 aromatic carbocycles. The standard InChI is InChI=1S/C15H19NO4/c1-4-5-11-7-6-10-8-13(18-2)14(19-3)9-12(10)16-15(17)20-11/h4,8-9,11H,1,5-7H2,2-3H3,(H,16,17). The number of ether oxygens (including phenoxy) is 3. The molecule has 0 radical (unpaired) electrons. The largest absolute Gasteiger partial charge is 0.493 e. The Morgan fingerprint density at radius 3 is 2.75 bits per heavy atom. The summed E-state index contributed by atoms with van der Waals surface area (Å²) in [5, 5.41) is 2.75. The second-order valence-electron chi connectivity index (χ2n) is 4.58. The summed E-state index contributed by atoms with van der Waals surface area (Å²) < 4.78 is 15.9. The van der Waals surface area contributed by atoms with Crippen LogP contribution in [0.4, 0.5) is 10.5 Å². The average Bonchev–Trinajstić information content (AvgIpc) is 2.43. The van der Waals surface area contributed by atoms with Gasteiger partial charge in [0.15, 0.2) is 11.5 Å². The summed E-state index contributed by atoms with van der Waals surface area (Å²) in [4.78, 5) is 11.8. The summed E-state index contributed by atoms with van der Waals surface area (Å²) in [7, 11) is 3.15. The minimum absolute atomic E-state index is 0.145. The quantitative estimate of drug-likeness (QED) is 0.859. The number of hydrogen-bond donors (Lipinski definition) is 1. The number of rotatable bonds is 4. The number of carbonyl (C=O) groups is 1. The van der Waals surface area contributed by atoms with Crippen molar-refractivity contribution in [3.8, 4) is 11.5 Å². The van der Waals surface area contributed by atoms with Crippen LogP contribution in [0.1, 0.15) is 18.4 Å². The molecule has 1 N–H and O–H groups in total. The molecule has 0 spiro atoms. The average molecular weight is 277 g/mol. The molecule has 1 amide bonds. The summed E-state index contributed by atoms with van der Waals surface area (Å²) in [6.45, 7) is 3.68. The number of cyclic esters (lactones) is 1. The third kappa shape index (κ3) is 3.04. The fraction of sp³-hybridized carbons (Fsp3) is 0.400. The van der Waals surface area contributed by atoms with Crippen LogP contribution < -0.4 is 14.8 Å². The van der Waals surface area contributed by atoms with E-state index in [-0.39, 0.29) is 6.10 Å². The van der Waals surface area contributed by atoms with Crippen LogP contribution in [0.15, 0.2) is 24.8 Å².